The first-order valence-electron chi connectivity index (χ1n) is 15.1. The standard InChI is InChI=1S/C32H35F3N6O2/c33-32(34,35)11-8-28(42)15-23-6-3-7-24(14-23)29-20-36-30-17-25(18-38-41(29)30)26-19-37-40(21-26)27-9-12-39(13-10-27)31(43)16-22-4-1-2-5-22/h3,6-7,14,17-22,27H,1-2,4-5,8-13,15-16H2. The van der Waals surface area contributed by atoms with Crippen LogP contribution in [-0.2, 0) is 16.0 Å². The molecule has 0 spiro atoms. The number of likely N-dealkylation sites (tertiary alicyclic amines) is 1. The molecule has 11 heteroatoms. The van der Waals surface area contributed by atoms with Gasteiger partial charge in [0.05, 0.1) is 36.7 Å². The Morgan fingerprint density at radius 2 is 1.67 bits per heavy atom. The molecule has 1 saturated carbocycles. The fraction of sp³-hybridized carbons (Fsp3) is 0.469. The molecule has 2 aliphatic rings. The number of fused-ring (bicyclic) bond motifs is 1. The van der Waals surface area contributed by atoms with Crippen LogP contribution in [0.15, 0.2) is 55.1 Å². The zero-order chi connectivity index (χ0) is 30.0. The minimum atomic E-state index is -4.34. The van der Waals surface area contributed by atoms with Gasteiger partial charge < -0.3 is 4.90 Å². The Labute approximate surface area is 247 Å². The largest absolute Gasteiger partial charge is 0.389 e. The van der Waals surface area contributed by atoms with Crippen molar-refractivity contribution in [3.63, 3.8) is 0 Å². The van der Waals surface area contributed by atoms with E-state index in [1.165, 1.54) is 25.7 Å². The maximum atomic E-state index is 12.7. The quantitative estimate of drug-likeness (QED) is 0.223. The number of benzene rings is 1. The van der Waals surface area contributed by atoms with Crippen LogP contribution in [0.1, 0.15) is 69.4 Å². The van der Waals surface area contributed by atoms with E-state index in [2.05, 4.69) is 15.2 Å². The summed E-state index contributed by atoms with van der Waals surface area (Å²) in [5.41, 5.74) is 4.59. The van der Waals surface area contributed by atoms with Crippen LogP contribution in [0.2, 0.25) is 0 Å². The monoisotopic (exact) mass is 592 g/mol. The molecule has 6 rings (SSSR count). The number of rotatable bonds is 9. The van der Waals surface area contributed by atoms with Crippen LogP contribution < -0.4 is 0 Å². The smallest absolute Gasteiger partial charge is 0.343 e. The zero-order valence-electron chi connectivity index (χ0n) is 24.0. The normalized spacial score (nSPS) is 16.8. The Balaban J connectivity index is 1.09. The van der Waals surface area contributed by atoms with E-state index in [-0.39, 0.29) is 12.5 Å². The number of amides is 1. The second-order valence-electron chi connectivity index (χ2n) is 11.9. The van der Waals surface area contributed by atoms with Crippen LogP contribution in [0.25, 0.3) is 28.0 Å². The zero-order valence-corrected chi connectivity index (χ0v) is 24.0. The number of carbonyl (C=O) groups excluding carboxylic acids is 2. The Morgan fingerprint density at radius 1 is 0.907 bits per heavy atom. The molecule has 1 amide bonds. The summed E-state index contributed by atoms with van der Waals surface area (Å²) in [6, 6.07) is 9.35. The van der Waals surface area contributed by atoms with Crippen molar-refractivity contribution >= 4 is 17.3 Å². The molecule has 4 aromatic rings. The lowest BCUT2D eigenvalue weighted by atomic mass is 10.0. The predicted octanol–water partition coefficient (Wildman–Crippen LogP) is 6.46. The summed E-state index contributed by atoms with van der Waals surface area (Å²) in [6.45, 7) is 1.53. The number of hydrogen-bond donors (Lipinski definition) is 0. The number of halogens is 3. The molecule has 0 atom stereocenters. The summed E-state index contributed by atoms with van der Waals surface area (Å²) >= 11 is 0. The third kappa shape index (κ3) is 6.97. The van der Waals surface area contributed by atoms with E-state index in [0.29, 0.717) is 29.5 Å². The van der Waals surface area contributed by atoms with Crippen molar-refractivity contribution < 1.29 is 22.8 Å². The lowest BCUT2D eigenvalue weighted by molar-refractivity contribution is -0.143. The van der Waals surface area contributed by atoms with Crippen molar-refractivity contribution in [2.45, 2.75) is 76.4 Å². The van der Waals surface area contributed by atoms with Crippen molar-refractivity contribution in [1.82, 2.24) is 29.3 Å². The summed E-state index contributed by atoms with van der Waals surface area (Å²) in [5, 5.41) is 9.25. The van der Waals surface area contributed by atoms with E-state index in [1.54, 1.807) is 35.1 Å². The van der Waals surface area contributed by atoms with Crippen LogP contribution >= 0.6 is 0 Å². The van der Waals surface area contributed by atoms with Gasteiger partial charge in [0.15, 0.2) is 5.65 Å². The Kier molecular flexibility index (Phi) is 8.32. The van der Waals surface area contributed by atoms with Crippen molar-refractivity contribution in [3.05, 3.63) is 60.7 Å². The molecular weight excluding hydrogens is 557 g/mol. The second-order valence-corrected chi connectivity index (χ2v) is 11.9. The van der Waals surface area contributed by atoms with Gasteiger partial charge in [0, 0.05) is 55.2 Å². The summed E-state index contributed by atoms with van der Waals surface area (Å²) in [5.74, 6) is 0.414. The number of ketones is 1. The van der Waals surface area contributed by atoms with E-state index in [9.17, 15) is 22.8 Å². The molecule has 2 fully saturated rings. The predicted molar refractivity (Wildman–Crippen MR) is 155 cm³/mol. The van der Waals surface area contributed by atoms with Gasteiger partial charge in [-0.2, -0.15) is 23.4 Å². The highest BCUT2D eigenvalue weighted by Crippen LogP contribution is 2.31. The van der Waals surface area contributed by atoms with Crippen LogP contribution in [0, 0.1) is 5.92 Å². The Morgan fingerprint density at radius 3 is 2.44 bits per heavy atom. The lowest BCUT2D eigenvalue weighted by Crippen LogP contribution is -2.39. The van der Waals surface area contributed by atoms with Gasteiger partial charge in [-0.1, -0.05) is 31.0 Å². The molecule has 3 aromatic heterocycles. The van der Waals surface area contributed by atoms with E-state index in [4.69, 9.17) is 0 Å². The minimum absolute atomic E-state index is 0.0575. The second kappa shape index (κ2) is 12.3. The van der Waals surface area contributed by atoms with Gasteiger partial charge in [0.1, 0.15) is 5.78 Å². The third-order valence-corrected chi connectivity index (χ3v) is 8.74. The number of nitrogens with zero attached hydrogens (tertiary/aromatic N) is 6. The fourth-order valence-electron chi connectivity index (χ4n) is 6.33. The molecule has 226 valence electrons. The number of carbonyl (C=O) groups is 2. The van der Waals surface area contributed by atoms with Gasteiger partial charge in [-0.3, -0.25) is 14.3 Å². The molecule has 0 radical (unpaired) electrons. The van der Waals surface area contributed by atoms with Crippen LogP contribution in [0.3, 0.4) is 0 Å². The molecular formula is C32H35F3N6O2. The highest BCUT2D eigenvalue weighted by atomic mass is 19.4. The molecule has 1 aliphatic carbocycles. The lowest BCUT2D eigenvalue weighted by Gasteiger charge is -2.32. The number of alkyl halides is 3. The maximum absolute atomic E-state index is 12.7. The molecule has 1 aromatic carbocycles. The summed E-state index contributed by atoms with van der Waals surface area (Å²) in [7, 11) is 0. The molecule has 0 bridgehead atoms. The fourth-order valence-corrected chi connectivity index (χ4v) is 6.33. The maximum Gasteiger partial charge on any atom is 0.389 e. The topological polar surface area (TPSA) is 85.4 Å². The highest BCUT2D eigenvalue weighted by Gasteiger charge is 2.28. The Bertz CT molecular complexity index is 1600. The first kappa shape index (κ1) is 29.1. The number of hydrogen-bond acceptors (Lipinski definition) is 5. The molecule has 43 heavy (non-hydrogen) atoms. The van der Waals surface area contributed by atoms with E-state index >= 15 is 0 Å². The molecule has 8 nitrogen and oxygen atoms in total. The number of piperidine rings is 1. The number of imidazole rings is 1. The summed E-state index contributed by atoms with van der Waals surface area (Å²) in [6.07, 6.45) is 8.61. The van der Waals surface area contributed by atoms with Gasteiger partial charge >= 0.3 is 6.18 Å². The summed E-state index contributed by atoms with van der Waals surface area (Å²) in [4.78, 5) is 31.4. The van der Waals surface area contributed by atoms with Crippen LogP contribution in [0.5, 0.6) is 0 Å². The van der Waals surface area contributed by atoms with Gasteiger partial charge in [0.2, 0.25) is 5.91 Å². The number of Topliss-reactive ketones (excluding diaryl/α,β-unsaturated/α-hetero) is 1. The average molecular weight is 593 g/mol. The molecule has 0 unspecified atom stereocenters. The molecule has 0 N–H and O–H groups in total. The third-order valence-electron chi connectivity index (χ3n) is 8.74. The first-order valence-corrected chi connectivity index (χ1v) is 15.1. The SMILES string of the molecule is O=C(CCC(F)(F)F)Cc1cccc(-c2cnc3cc(-c4cnn(C5CCN(C(=O)CC6CCCC6)CC5)c4)cnn23)c1. The Hall–Kier alpha value is -4.02. The van der Waals surface area contributed by atoms with Crippen molar-refractivity contribution in [1.29, 1.82) is 0 Å². The van der Waals surface area contributed by atoms with Gasteiger partial charge in [-0.05, 0) is 49.3 Å². The average Bonchev–Trinajstić information content (AvgIpc) is 3.77. The van der Waals surface area contributed by atoms with E-state index in [1.807, 2.05) is 34.1 Å². The van der Waals surface area contributed by atoms with Crippen molar-refractivity contribution in [3.8, 4) is 22.4 Å². The van der Waals surface area contributed by atoms with Crippen LogP contribution in [-0.4, -0.2) is 60.2 Å². The highest BCUT2D eigenvalue weighted by molar-refractivity contribution is 5.81. The molecule has 4 heterocycles. The van der Waals surface area contributed by atoms with Crippen molar-refractivity contribution in [2.75, 3.05) is 13.1 Å². The first-order chi connectivity index (χ1) is 20.7. The molecule has 1 aliphatic heterocycles. The van der Waals surface area contributed by atoms with Gasteiger partial charge in [0.25, 0.3) is 0 Å². The van der Waals surface area contributed by atoms with Crippen molar-refractivity contribution in [2.24, 2.45) is 5.92 Å². The summed E-state index contributed by atoms with van der Waals surface area (Å²) < 4.78 is 41.1. The van der Waals surface area contributed by atoms with Crippen LogP contribution in [0.4, 0.5) is 13.2 Å². The minimum Gasteiger partial charge on any atom is -0.343 e. The van der Waals surface area contributed by atoms with E-state index in [0.717, 1.165) is 48.3 Å². The van der Waals surface area contributed by atoms with E-state index < -0.39 is 24.8 Å². The van der Waals surface area contributed by atoms with Gasteiger partial charge in [-0.25, -0.2) is 9.50 Å². The number of aromatic nitrogens is 5. The van der Waals surface area contributed by atoms with Gasteiger partial charge in [-0.15, -0.1) is 0 Å². The molecule has 1 saturated heterocycles.